The average molecular weight is 309 g/mol. The maximum absolute atomic E-state index is 13.6. The van der Waals surface area contributed by atoms with Crippen molar-refractivity contribution in [3.05, 3.63) is 29.6 Å². The van der Waals surface area contributed by atoms with E-state index < -0.39 is 21.4 Å². The lowest BCUT2D eigenvalue weighted by Gasteiger charge is -2.34. The van der Waals surface area contributed by atoms with E-state index in [0.29, 0.717) is 32.2 Å². The molecule has 112 valence electrons. The second-order valence-corrected chi connectivity index (χ2v) is 7.30. The minimum absolute atomic E-state index is 0.232. The van der Waals surface area contributed by atoms with Crippen LogP contribution in [0, 0.1) is 17.1 Å². The highest BCUT2D eigenvalue weighted by atomic mass is 32.2. The smallest absolute Gasteiger partial charge is 0.244 e. The summed E-state index contributed by atoms with van der Waals surface area (Å²) in [5.74, 6) is -0.796. The zero-order valence-corrected chi connectivity index (χ0v) is 12.3. The predicted octanol–water partition coefficient (Wildman–Crippen LogP) is 1.17. The van der Waals surface area contributed by atoms with Crippen LogP contribution in [0.5, 0.6) is 0 Å². The first-order valence-corrected chi connectivity index (χ1v) is 8.41. The maximum atomic E-state index is 13.6. The van der Waals surface area contributed by atoms with Gasteiger partial charge in [-0.25, -0.2) is 12.8 Å². The van der Waals surface area contributed by atoms with Crippen LogP contribution < -0.4 is 0 Å². The van der Waals surface area contributed by atoms with Crippen molar-refractivity contribution in [3.8, 4) is 6.07 Å². The highest BCUT2D eigenvalue weighted by molar-refractivity contribution is 7.89. The molecule has 1 heterocycles. The molecule has 1 aromatic carbocycles. The second-order valence-electron chi connectivity index (χ2n) is 5.40. The number of nitrogens with zero attached hydrogens (tertiary/aromatic N) is 3. The number of piperazine rings is 1. The molecule has 1 saturated heterocycles. The van der Waals surface area contributed by atoms with Crippen molar-refractivity contribution >= 4 is 10.0 Å². The molecule has 7 heteroatoms. The van der Waals surface area contributed by atoms with Gasteiger partial charge in [0.05, 0.1) is 0 Å². The molecule has 0 radical (unpaired) electrons. The van der Waals surface area contributed by atoms with Crippen LogP contribution in [0.25, 0.3) is 0 Å². The van der Waals surface area contributed by atoms with Gasteiger partial charge in [-0.05, 0) is 25.0 Å². The quantitative estimate of drug-likeness (QED) is 0.840. The third-order valence-corrected chi connectivity index (χ3v) is 5.98. The molecule has 1 aliphatic carbocycles. The van der Waals surface area contributed by atoms with Gasteiger partial charge in [-0.1, -0.05) is 6.07 Å². The second kappa shape index (κ2) is 5.37. The molecular formula is C14H16FN3O2S. The summed E-state index contributed by atoms with van der Waals surface area (Å²) < 4.78 is 40.2. The number of hydrogen-bond acceptors (Lipinski definition) is 4. The normalized spacial score (nSPS) is 21.1. The lowest BCUT2D eigenvalue weighted by Crippen LogP contribution is -2.49. The zero-order valence-electron chi connectivity index (χ0n) is 11.5. The SMILES string of the molecule is N#Cc1c(F)cccc1S(=O)(=O)N1CCN(C2CC2)CC1. The molecule has 0 atom stereocenters. The van der Waals surface area contributed by atoms with Crippen molar-refractivity contribution in [1.29, 1.82) is 5.26 Å². The third kappa shape index (κ3) is 2.67. The molecule has 0 N–H and O–H groups in total. The molecule has 1 saturated carbocycles. The number of hydrogen-bond donors (Lipinski definition) is 0. The molecule has 0 aromatic heterocycles. The van der Waals surface area contributed by atoms with Crippen LogP contribution >= 0.6 is 0 Å². The topological polar surface area (TPSA) is 64.4 Å². The van der Waals surface area contributed by atoms with Crippen LogP contribution in [0.15, 0.2) is 23.1 Å². The Kier molecular flexibility index (Phi) is 3.69. The van der Waals surface area contributed by atoms with Crippen LogP contribution in [0.1, 0.15) is 18.4 Å². The van der Waals surface area contributed by atoms with Crippen LogP contribution in [0.2, 0.25) is 0 Å². The summed E-state index contributed by atoms with van der Waals surface area (Å²) in [5.41, 5.74) is -0.401. The van der Waals surface area contributed by atoms with E-state index in [4.69, 9.17) is 5.26 Å². The summed E-state index contributed by atoms with van der Waals surface area (Å²) in [7, 11) is -3.81. The van der Waals surface area contributed by atoms with E-state index in [1.807, 2.05) is 0 Å². The molecule has 2 fully saturated rings. The van der Waals surface area contributed by atoms with Crippen molar-refractivity contribution < 1.29 is 12.8 Å². The van der Waals surface area contributed by atoms with Gasteiger partial charge in [0, 0.05) is 32.2 Å². The van der Waals surface area contributed by atoms with E-state index in [0.717, 1.165) is 6.07 Å². The molecule has 1 aromatic rings. The minimum Gasteiger partial charge on any atom is -0.298 e. The van der Waals surface area contributed by atoms with E-state index in [1.165, 1.54) is 29.3 Å². The Morgan fingerprint density at radius 1 is 1.19 bits per heavy atom. The van der Waals surface area contributed by atoms with Gasteiger partial charge in [0.1, 0.15) is 22.3 Å². The highest BCUT2D eigenvalue weighted by Crippen LogP contribution is 2.29. The van der Waals surface area contributed by atoms with Gasteiger partial charge >= 0.3 is 0 Å². The molecule has 0 spiro atoms. The summed E-state index contributed by atoms with van der Waals surface area (Å²) >= 11 is 0. The lowest BCUT2D eigenvalue weighted by molar-refractivity contribution is 0.180. The van der Waals surface area contributed by atoms with Crippen LogP contribution in [-0.4, -0.2) is 49.8 Å². The van der Waals surface area contributed by atoms with Gasteiger partial charge < -0.3 is 0 Å². The Morgan fingerprint density at radius 2 is 1.86 bits per heavy atom. The molecule has 1 aliphatic heterocycles. The number of nitriles is 1. The molecular weight excluding hydrogens is 293 g/mol. The van der Waals surface area contributed by atoms with Crippen LogP contribution in [0.4, 0.5) is 4.39 Å². The molecule has 0 unspecified atom stereocenters. The fourth-order valence-electron chi connectivity index (χ4n) is 2.72. The van der Waals surface area contributed by atoms with Gasteiger partial charge in [0.2, 0.25) is 10.0 Å². The fraction of sp³-hybridized carbons (Fsp3) is 0.500. The Hall–Kier alpha value is -1.49. The Bertz CT molecular complexity index is 687. The first-order valence-electron chi connectivity index (χ1n) is 6.97. The van der Waals surface area contributed by atoms with Gasteiger partial charge in [-0.3, -0.25) is 4.90 Å². The van der Waals surface area contributed by atoms with Gasteiger partial charge in [0.25, 0.3) is 0 Å². The largest absolute Gasteiger partial charge is 0.298 e. The van der Waals surface area contributed by atoms with Crippen molar-refractivity contribution in [1.82, 2.24) is 9.21 Å². The van der Waals surface area contributed by atoms with E-state index in [9.17, 15) is 12.8 Å². The zero-order chi connectivity index (χ0) is 15.0. The first-order chi connectivity index (χ1) is 10.0. The lowest BCUT2D eigenvalue weighted by atomic mass is 10.2. The molecule has 0 amide bonds. The van der Waals surface area contributed by atoms with E-state index in [2.05, 4.69) is 4.90 Å². The van der Waals surface area contributed by atoms with E-state index >= 15 is 0 Å². The number of halogens is 1. The minimum atomic E-state index is -3.81. The number of rotatable bonds is 3. The molecule has 21 heavy (non-hydrogen) atoms. The summed E-state index contributed by atoms with van der Waals surface area (Å²) in [6, 6.07) is 5.98. The van der Waals surface area contributed by atoms with Gasteiger partial charge in [-0.15, -0.1) is 0 Å². The summed E-state index contributed by atoms with van der Waals surface area (Å²) in [6.45, 7) is 2.17. The van der Waals surface area contributed by atoms with E-state index in [-0.39, 0.29) is 4.90 Å². The molecule has 5 nitrogen and oxygen atoms in total. The Labute approximate surface area is 123 Å². The van der Waals surface area contributed by atoms with Crippen molar-refractivity contribution in [2.45, 2.75) is 23.8 Å². The number of sulfonamides is 1. The summed E-state index contributed by atoms with van der Waals surface area (Å²) in [5, 5.41) is 9.00. The average Bonchev–Trinajstić information content (AvgIpc) is 3.32. The van der Waals surface area contributed by atoms with E-state index in [1.54, 1.807) is 6.07 Å². The predicted molar refractivity (Wildman–Crippen MR) is 74.5 cm³/mol. The Morgan fingerprint density at radius 3 is 2.43 bits per heavy atom. The molecule has 2 aliphatic rings. The summed E-state index contributed by atoms with van der Waals surface area (Å²) in [6.07, 6.45) is 2.38. The third-order valence-electron chi connectivity index (χ3n) is 4.04. The van der Waals surface area contributed by atoms with Gasteiger partial charge in [-0.2, -0.15) is 9.57 Å². The highest BCUT2D eigenvalue weighted by Gasteiger charge is 2.35. The van der Waals surface area contributed by atoms with Crippen LogP contribution in [0.3, 0.4) is 0 Å². The standard InChI is InChI=1S/C14H16FN3O2S/c15-13-2-1-3-14(12(13)10-16)21(19,20)18-8-6-17(7-9-18)11-4-5-11/h1-3,11H,4-9H2. The van der Waals surface area contributed by atoms with Crippen molar-refractivity contribution in [3.63, 3.8) is 0 Å². The molecule has 3 rings (SSSR count). The fourth-order valence-corrected chi connectivity index (χ4v) is 4.29. The van der Waals surface area contributed by atoms with Gasteiger partial charge in [0.15, 0.2) is 0 Å². The first kappa shape index (κ1) is 14.4. The maximum Gasteiger partial charge on any atom is 0.244 e. The number of benzene rings is 1. The Balaban J connectivity index is 1.84. The van der Waals surface area contributed by atoms with Crippen molar-refractivity contribution in [2.24, 2.45) is 0 Å². The van der Waals surface area contributed by atoms with Crippen molar-refractivity contribution in [2.75, 3.05) is 26.2 Å². The summed E-state index contributed by atoms with van der Waals surface area (Å²) in [4.78, 5) is 2.06. The van der Waals surface area contributed by atoms with Crippen LogP contribution in [-0.2, 0) is 10.0 Å². The molecule has 0 bridgehead atoms. The monoisotopic (exact) mass is 309 g/mol.